The predicted octanol–water partition coefficient (Wildman–Crippen LogP) is 4.98. The summed E-state index contributed by atoms with van der Waals surface area (Å²) in [6, 6.07) is 10.6. The van der Waals surface area contributed by atoms with Gasteiger partial charge in [-0.2, -0.15) is 0 Å². The summed E-state index contributed by atoms with van der Waals surface area (Å²) in [5, 5.41) is 1.47. The number of thiazole rings is 1. The number of anilines is 1. The maximum Gasteiger partial charge on any atom is 0.261 e. The van der Waals surface area contributed by atoms with Crippen LogP contribution in [0, 0.1) is 0 Å². The van der Waals surface area contributed by atoms with E-state index in [1.807, 2.05) is 18.2 Å². The van der Waals surface area contributed by atoms with Gasteiger partial charge in [0.2, 0.25) is 0 Å². The van der Waals surface area contributed by atoms with Crippen molar-refractivity contribution in [3.8, 4) is 5.75 Å². The normalized spacial score (nSPS) is 14.7. The second kappa shape index (κ2) is 10.1. The molecule has 1 fully saturated rings. The van der Waals surface area contributed by atoms with Crippen molar-refractivity contribution in [2.45, 2.75) is 6.42 Å². The molecule has 0 N–H and O–H groups in total. The Morgan fingerprint density at radius 3 is 2.77 bits per heavy atom. The lowest BCUT2D eigenvalue weighted by Gasteiger charge is -2.27. The Labute approximate surface area is 195 Å². The molecule has 0 aliphatic carbocycles. The van der Waals surface area contributed by atoms with Crippen LogP contribution >= 0.6 is 34.5 Å². The van der Waals surface area contributed by atoms with Crippen LogP contribution in [0.25, 0.3) is 10.2 Å². The number of fused-ring (bicyclic) bond motifs is 1. The number of methoxy groups -OCH3 is 1. The van der Waals surface area contributed by atoms with Gasteiger partial charge >= 0.3 is 0 Å². The molecule has 0 spiro atoms. The molecule has 164 valence electrons. The van der Waals surface area contributed by atoms with Crippen LogP contribution in [-0.4, -0.2) is 62.3 Å². The van der Waals surface area contributed by atoms with E-state index < -0.39 is 0 Å². The van der Waals surface area contributed by atoms with Gasteiger partial charge in [0, 0.05) is 31.2 Å². The Balaban J connectivity index is 1.60. The van der Waals surface area contributed by atoms with E-state index in [1.54, 1.807) is 30.2 Å². The summed E-state index contributed by atoms with van der Waals surface area (Å²) in [6.07, 6.45) is 0.816. The minimum absolute atomic E-state index is 0.185. The van der Waals surface area contributed by atoms with Crippen LogP contribution in [0.15, 0.2) is 36.4 Å². The van der Waals surface area contributed by atoms with Crippen LogP contribution in [0.1, 0.15) is 16.8 Å². The van der Waals surface area contributed by atoms with Gasteiger partial charge in [0.05, 0.1) is 41.1 Å². The minimum atomic E-state index is -0.185. The molecule has 0 radical (unpaired) electrons. The SMILES string of the molecule is COc1ccc2nc(N(CCCN3CCOCC3)C(=O)c3ccc(Cl)cc3Cl)sc2c1. The van der Waals surface area contributed by atoms with Gasteiger partial charge in [-0.25, -0.2) is 4.98 Å². The zero-order chi connectivity index (χ0) is 21.8. The number of benzene rings is 2. The van der Waals surface area contributed by atoms with E-state index in [2.05, 4.69) is 4.90 Å². The number of aromatic nitrogens is 1. The van der Waals surface area contributed by atoms with Crippen LogP contribution in [-0.2, 0) is 4.74 Å². The molecule has 0 unspecified atom stereocenters. The number of morpholine rings is 1. The average Bonchev–Trinajstić information content (AvgIpc) is 3.20. The van der Waals surface area contributed by atoms with Gasteiger partial charge in [-0.15, -0.1) is 0 Å². The number of rotatable bonds is 7. The lowest BCUT2D eigenvalue weighted by atomic mass is 10.2. The first-order chi connectivity index (χ1) is 15.0. The molecule has 2 heterocycles. The monoisotopic (exact) mass is 479 g/mol. The number of ether oxygens (including phenoxy) is 2. The molecule has 6 nitrogen and oxygen atoms in total. The zero-order valence-corrected chi connectivity index (χ0v) is 19.5. The molecule has 3 aromatic rings. The topological polar surface area (TPSA) is 54.9 Å². The van der Waals surface area contributed by atoms with Crippen LogP contribution < -0.4 is 9.64 Å². The largest absolute Gasteiger partial charge is 0.497 e. The van der Waals surface area contributed by atoms with Crippen LogP contribution in [0.2, 0.25) is 10.0 Å². The Morgan fingerprint density at radius 1 is 1.23 bits per heavy atom. The number of halogens is 2. The summed E-state index contributed by atoms with van der Waals surface area (Å²) >= 11 is 13.8. The standard InChI is InChI=1S/C22H23Cl2N3O3S/c1-29-16-4-6-19-20(14-16)31-22(25-19)27(8-2-7-26-9-11-30-12-10-26)21(28)17-5-3-15(23)13-18(17)24/h3-6,13-14H,2,7-12H2,1H3. The van der Waals surface area contributed by atoms with E-state index in [0.29, 0.717) is 27.3 Å². The maximum atomic E-state index is 13.5. The number of amides is 1. The third kappa shape index (κ3) is 5.30. The van der Waals surface area contributed by atoms with Crippen molar-refractivity contribution >= 4 is 55.8 Å². The van der Waals surface area contributed by atoms with Crippen molar-refractivity contribution in [3.63, 3.8) is 0 Å². The molecule has 31 heavy (non-hydrogen) atoms. The van der Waals surface area contributed by atoms with Crippen LogP contribution in [0.3, 0.4) is 0 Å². The highest BCUT2D eigenvalue weighted by molar-refractivity contribution is 7.22. The molecular formula is C22H23Cl2N3O3S. The molecule has 1 aliphatic heterocycles. The number of nitrogens with zero attached hydrogens (tertiary/aromatic N) is 3. The molecule has 0 atom stereocenters. The van der Waals surface area contributed by atoms with Gasteiger partial charge in [-0.3, -0.25) is 14.6 Å². The second-order valence-corrected chi connectivity index (χ2v) is 9.07. The quantitative estimate of drug-likeness (QED) is 0.478. The molecule has 9 heteroatoms. The molecule has 1 amide bonds. The van der Waals surface area contributed by atoms with Gasteiger partial charge in [0.1, 0.15) is 5.75 Å². The first kappa shape index (κ1) is 22.3. The molecule has 0 saturated carbocycles. The summed E-state index contributed by atoms with van der Waals surface area (Å²) in [5.41, 5.74) is 1.24. The molecular weight excluding hydrogens is 457 g/mol. The van der Waals surface area contributed by atoms with E-state index in [0.717, 1.165) is 55.2 Å². The van der Waals surface area contributed by atoms with Crippen molar-refractivity contribution in [1.82, 2.24) is 9.88 Å². The molecule has 1 saturated heterocycles. The van der Waals surface area contributed by atoms with E-state index in [9.17, 15) is 4.79 Å². The van der Waals surface area contributed by atoms with Gasteiger partial charge < -0.3 is 9.47 Å². The van der Waals surface area contributed by atoms with E-state index in [-0.39, 0.29) is 5.91 Å². The molecule has 1 aromatic heterocycles. The fraction of sp³-hybridized carbons (Fsp3) is 0.364. The highest BCUT2D eigenvalue weighted by Gasteiger charge is 2.24. The minimum Gasteiger partial charge on any atom is -0.497 e. The smallest absolute Gasteiger partial charge is 0.261 e. The van der Waals surface area contributed by atoms with Crippen molar-refractivity contribution in [2.24, 2.45) is 0 Å². The summed E-state index contributed by atoms with van der Waals surface area (Å²) in [6.45, 7) is 4.76. The number of hydrogen-bond acceptors (Lipinski definition) is 6. The fourth-order valence-corrected chi connectivity index (χ4v) is 5.01. The first-order valence-corrected chi connectivity index (χ1v) is 11.6. The fourth-order valence-electron chi connectivity index (χ4n) is 3.50. The van der Waals surface area contributed by atoms with Crippen molar-refractivity contribution in [3.05, 3.63) is 52.0 Å². The van der Waals surface area contributed by atoms with E-state index >= 15 is 0 Å². The summed E-state index contributed by atoms with van der Waals surface area (Å²) in [7, 11) is 1.63. The first-order valence-electron chi connectivity index (χ1n) is 10.1. The predicted molar refractivity (Wildman–Crippen MR) is 126 cm³/mol. The number of carbonyl (C=O) groups excluding carboxylic acids is 1. The number of hydrogen-bond donors (Lipinski definition) is 0. The molecule has 0 bridgehead atoms. The van der Waals surface area contributed by atoms with E-state index in [1.165, 1.54) is 11.3 Å². The van der Waals surface area contributed by atoms with E-state index in [4.69, 9.17) is 37.7 Å². The Bertz CT molecular complexity index is 1070. The van der Waals surface area contributed by atoms with Gasteiger partial charge in [0.15, 0.2) is 5.13 Å². The zero-order valence-electron chi connectivity index (χ0n) is 17.1. The summed E-state index contributed by atoms with van der Waals surface area (Å²) in [5.74, 6) is 0.573. The van der Waals surface area contributed by atoms with Gasteiger partial charge in [-0.05, 0) is 42.8 Å². The van der Waals surface area contributed by atoms with Gasteiger partial charge in [0.25, 0.3) is 5.91 Å². The lowest BCUT2D eigenvalue weighted by Crippen LogP contribution is -2.39. The molecule has 4 rings (SSSR count). The third-order valence-electron chi connectivity index (χ3n) is 5.18. The van der Waals surface area contributed by atoms with Crippen molar-refractivity contribution in [1.29, 1.82) is 0 Å². The Morgan fingerprint density at radius 2 is 2.03 bits per heavy atom. The summed E-state index contributed by atoms with van der Waals surface area (Å²) < 4.78 is 11.7. The molecule has 2 aromatic carbocycles. The third-order valence-corrected chi connectivity index (χ3v) is 6.77. The van der Waals surface area contributed by atoms with Crippen LogP contribution in [0.5, 0.6) is 5.75 Å². The van der Waals surface area contributed by atoms with Crippen molar-refractivity contribution in [2.75, 3.05) is 51.4 Å². The molecule has 1 aliphatic rings. The average molecular weight is 480 g/mol. The lowest BCUT2D eigenvalue weighted by molar-refractivity contribution is 0.0376. The Hall–Kier alpha value is -1.90. The number of carbonyl (C=O) groups is 1. The van der Waals surface area contributed by atoms with Crippen molar-refractivity contribution < 1.29 is 14.3 Å². The summed E-state index contributed by atoms with van der Waals surface area (Å²) in [4.78, 5) is 22.2. The maximum absolute atomic E-state index is 13.5. The Kier molecular flexibility index (Phi) is 7.30. The van der Waals surface area contributed by atoms with Crippen LogP contribution in [0.4, 0.5) is 5.13 Å². The highest BCUT2D eigenvalue weighted by atomic mass is 35.5. The highest BCUT2D eigenvalue weighted by Crippen LogP contribution is 2.33. The second-order valence-electron chi connectivity index (χ2n) is 7.22. The van der Waals surface area contributed by atoms with Gasteiger partial charge in [-0.1, -0.05) is 34.5 Å².